The Labute approximate surface area is 207 Å². The first-order valence-corrected chi connectivity index (χ1v) is 11.2. The molecule has 0 saturated carbocycles. The number of methoxy groups -OCH3 is 1. The van der Waals surface area contributed by atoms with Gasteiger partial charge in [-0.1, -0.05) is 0 Å². The van der Waals surface area contributed by atoms with E-state index < -0.39 is 0 Å². The van der Waals surface area contributed by atoms with Crippen molar-refractivity contribution in [2.45, 2.75) is 6.92 Å². The molecule has 0 atom stereocenters. The fourth-order valence-corrected chi connectivity index (χ4v) is 3.82. The number of hydrogen-bond donors (Lipinski definition) is 2. The van der Waals surface area contributed by atoms with Gasteiger partial charge in [0.05, 0.1) is 18.1 Å². The van der Waals surface area contributed by atoms with Crippen LogP contribution < -0.4 is 31.1 Å². The van der Waals surface area contributed by atoms with Gasteiger partial charge >= 0.3 is 0 Å². The Hall–Kier alpha value is -4.91. The predicted octanol–water partition coefficient (Wildman–Crippen LogP) is 6.53. The van der Waals surface area contributed by atoms with Crippen molar-refractivity contribution >= 4 is 22.3 Å². The molecule has 0 aliphatic rings. The Morgan fingerprint density at radius 2 is 1.28 bits per heavy atom. The molecule has 180 valence electrons. The molecule has 1 aromatic heterocycles. The van der Waals surface area contributed by atoms with Crippen LogP contribution in [-0.4, -0.2) is 7.11 Å². The molecule has 0 fully saturated rings. The van der Waals surface area contributed by atoms with Crippen molar-refractivity contribution in [3.05, 3.63) is 101 Å². The van der Waals surface area contributed by atoms with E-state index >= 15 is 0 Å². The normalized spacial score (nSPS) is 10.8. The molecule has 4 aromatic carbocycles. The number of nitrogen functional groups attached to an aromatic ring is 2. The first kappa shape index (κ1) is 22.9. The smallest absolute Gasteiger partial charge is 0.196 e. The molecule has 5 aromatic rings. The second-order valence-electron chi connectivity index (χ2n) is 8.25. The maximum Gasteiger partial charge on any atom is 0.196 e. The lowest BCUT2D eigenvalue weighted by Gasteiger charge is -2.15. The minimum absolute atomic E-state index is 0.130. The molecule has 0 unspecified atom stereocenters. The summed E-state index contributed by atoms with van der Waals surface area (Å²) < 4.78 is 23.8. The van der Waals surface area contributed by atoms with E-state index in [1.54, 1.807) is 99.0 Å². The third-order valence-corrected chi connectivity index (χ3v) is 5.75. The summed E-state index contributed by atoms with van der Waals surface area (Å²) in [5.41, 5.74) is 14.2. The van der Waals surface area contributed by atoms with Crippen molar-refractivity contribution in [3.63, 3.8) is 0 Å². The largest absolute Gasteiger partial charge is 0.497 e. The molecule has 0 aliphatic heterocycles. The molecule has 0 aliphatic carbocycles. The second kappa shape index (κ2) is 9.38. The number of fused-ring (bicyclic) bond motifs is 1. The molecule has 36 heavy (non-hydrogen) atoms. The van der Waals surface area contributed by atoms with Gasteiger partial charge in [-0.15, -0.1) is 0 Å². The van der Waals surface area contributed by atoms with Crippen LogP contribution in [-0.2, 0) is 0 Å². The summed E-state index contributed by atoms with van der Waals surface area (Å²) in [5, 5.41) is 0.473. The van der Waals surface area contributed by atoms with E-state index in [4.69, 9.17) is 30.1 Å². The van der Waals surface area contributed by atoms with Gasteiger partial charge < -0.3 is 30.1 Å². The van der Waals surface area contributed by atoms with Crippen LogP contribution in [0.1, 0.15) is 5.56 Å². The number of ether oxygens (including phenoxy) is 3. The molecular formula is C29H24N2O5. The second-order valence-corrected chi connectivity index (χ2v) is 8.25. The zero-order chi connectivity index (χ0) is 25.2. The van der Waals surface area contributed by atoms with Crippen LogP contribution in [0, 0.1) is 6.92 Å². The summed E-state index contributed by atoms with van der Waals surface area (Å²) in [6.07, 6.45) is 0. The lowest BCUT2D eigenvalue weighted by Crippen LogP contribution is -2.07. The summed E-state index contributed by atoms with van der Waals surface area (Å²) in [6.45, 7) is 1.73. The maximum atomic E-state index is 13.2. The van der Waals surface area contributed by atoms with Crippen LogP contribution >= 0.6 is 0 Å². The average Bonchev–Trinajstić information content (AvgIpc) is 2.89. The highest BCUT2D eigenvalue weighted by molar-refractivity contribution is 5.83. The third kappa shape index (κ3) is 4.54. The molecule has 7 nitrogen and oxygen atoms in total. The van der Waals surface area contributed by atoms with E-state index in [0.717, 1.165) is 0 Å². The number of hydrogen-bond acceptors (Lipinski definition) is 7. The van der Waals surface area contributed by atoms with Crippen LogP contribution in [0.25, 0.3) is 22.3 Å². The zero-order valence-electron chi connectivity index (χ0n) is 19.8. The van der Waals surface area contributed by atoms with Crippen LogP contribution in [0.4, 0.5) is 11.4 Å². The fraction of sp³-hybridized carbons (Fsp3) is 0.0690. The Balaban J connectivity index is 1.64. The van der Waals surface area contributed by atoms with Crippen molar-refractivity contribution in [1.82, 2.24) is 0 Å². The van der Waals surface area contributed by atoms with E-state index in [2.05, 4.69) is 0 Å². The first-order valence-electron chi connectivity index (χ1n) is 11.2. The SMILES string of the molecule is COc1ccc2c(=O)c(C)c(-c3ccc(Oc4ccc(N)cc4)cc3Oc3ccc(N)cc3)oc2c1. The van der Waals surface area contributed by atoms with Crippen molar-refractivity contribution in [3.8, 4) is 40.1 Å². The Bertz CT molecular complexity index is 1610. The van der Waals surface area contributed by atoms with Gasteiger partial charge in [0.15, 0.2) is 5.43 Å². The highest BCUT2D eigenvalue weighted by Gasteiger charge is 2.19. The van der Waals surface area contributed by atoms with Gasteiger partial charge in [-0.3, -0.25) is 4.79 Å². The molecule has 0 bridgehead atoms. The summed E-state index contributed by atoms with van der Waals surface area (Å²) in [7, 11) is 1.56. The Morgan fingerprint density at radius 3 is 1.92 bits per heavy atom. The molecule has 0 saturated heterocycles. The van der Waals surface area contributed by atoms with Crippen LogP contribution in [0.3, 0.4) is 0 Å². The van der Waals surface area contributed by atoms with Crippen LogP contribution in [0.2, 0.25) is 0 Å². The van der Waals surface area contributed by atoms with Crippen molar-refractivity contribution in [2.75, 3.05) is 18.6 Å². The number of anilines is 2. The van der Waals surface area contributed by atoms with Gasteiger partial charge in [-0.05, 0) is 79.7 Å². The highest BCUT2D eigenvalue weighted by atomic mass is 16.5. The highest BCUT2D eigenvalue weighted by Crippen LogP contribution is 2.39. The van der Waals surface area contributed by atoms with Gasteiger partial charge in [0, 0.05) is 29.1 Å². The van der Waals surface area contributed by atoms with Gasteiger partial charge in [-0.25, -0.2) is 0 Å². The summed E-state index contributed by atoms with van der Waals surface area (Å²) in [4.78, 5) is 13.2. The molecule has 0 amide bonds. The monoisotopic (exact) mass is 480 g/mol. The van der Waals surface area contributed by atoms with Gasteiger partial charge in [0.25, 0.3) is 0 Å². The van der Waals surface area contributed by atoms with Crippen LogP contribution in [0.15, 0.2) is 94.1 Å². The molecule has 7 heteroatoms. The number of rotatable bonds is 6. The molecule has 1 heterocycles. The molecule has 4 N–H and O–H groups in total. The van der Waals surface area contributed by atoms with E-state index in [1.807, 2.05) is 0 Å². The molecule has 0 spiro atoms. The van der Waals surface area contributed by atoms with E-state index in [1.165, 1.54) is 0 Å². The lowest BCUT2D eigenvalue weighted by molar-refractivity contribution is 0.414. The van der Waals surface area contributed by atoms with Crippen molar-refractivity contribution in [2.24, 2.45) is 0 Å². The lowest BCUT2D eigenvalue weighted by atomic mass is 10.0. The quantitative estimate of drug-likeness (QED) is 0.266. The summed E-state index contributed by atoms with van der Waals surface area (Å²) in [5.74, 6) is 3.15. The Morgan fingerprint density at radius 1 is 0.694 bits per heavy atom. The topological polar surface area (TPSA) is 110 Å². The van der Waals surface area contributed by atoms with Crippen LogP contribution in [0.5, 0.6) is 28.7 Å². The van der Waals surface area contributed by atoms with Crippen molar-refractivity contribution < 1.29 is 18.6 Å². The average molecular weight is 481 g/mol. The van der Waals surface area contributed by atoms with E-state index in [-0.39, 0.29) is 5.43 Å². The minimum atomic E-state index is -0.130. The summed E-state index contributed by atoms with van der Waals surface area (Å²) >= 11 is 0. The first-order chi connectivity index (χ1) is 17.4. The fourth-order valence-electron chi connectivity index (χ4n) is 3.82. The summed E-state index contributed by atoms with van der Waals surface area (Å²) in [6, 6.07) is 24.6. The van der Waals surface area contributed by atoms with Gasteiger partial charge in [0.2, 0.25) is 0 Å². The predicted molar refractivity (Wildman–Crippen MR) is 141 cm³/mol. The van der Waals surface area contributed by atoms with Crippen molar-refractivity contribution in [1.29, 1.82) is 0 Å². The van der Waals surface area contributed by atoms with E-state index in [9.17, 15) is 4.79 Å². The zero-order valence-corrected chi connectivity index (χ0v) is 19.8. The maximum absolute atomic E-state index is 13.2. The third-order valence-electron chi connectivity index (χ3n) is 5.75. The number of nitrogens with two attached hydrogens (primary N) is 2. The molecule has 0 radical (unpaired) electrons. The molecular weight excluding hydrogens is 456 g/mol. The standard InChI is InChI=1S/C29H24N2O5/c1-17-28(32)24-13-11-22(33-2)15-26(24)36-29(17)25-14-12-23(34-20-7-3-18(30)4-8-20)16-27(25)35-21-9-5-19(31)6-10-21/h3-16H,30-31H2,1-2H3. The number of benzene rings is 4. The minimum Gasteiger partial charge on any atom is -0.497 e. The van der Waals surface area contributed by atoms with E-state index in [0.29, 0.717) is 68.0 Å². The van der Waals surface area contributed by atoms with Gasteiger partial charge in [-0.2, -0.15) is 0 Å². The molecule has 5 rings (SSSR count). The Kier molecular flexibility index (Phi) is 5.96. The van der Waals surface area contributed by atoms with Gasteiger partial charge in [0.1, 0.15) is 40.1 Å².